The third-order valence-electron chi connectivity index (χ3n) is 5.02. The molecular formula is C20H22NO6S-. The first kappa shape index (κ1) is 20.4. The van der Waals surface area contributed by atoms with Crippen LogP contribution < -0.4 is 4.74 Å². The molecule has 3 atom stereocenters. The second-order valence-corrected chi connectivity index (χ2v) is 7.46. The molecule has 0 amide bonds. The lowest BCUT2D eigenvalue weighted by molar-refractivity contribution is -0.143. The van der Waals surface area contributed by atoms with E-state index in [9.17, 15) is 13.6 Å². The molecule has 0 saturated carbocycles. The Bertz CT molecular complexity index is 883. The number of benzene rings is 1. The predicted octanol–water partition coefficient (Wildman–Crippen LogP) is 2.52. The Morgan fingerprint density at radius 3 is 2.64 bits per heavy atom. The van der Waals surface area contributed by atoms with E-state index in [1.54, 1.807) is 6.20 Å². The Kier molecular flexibility index (Phi) is 6.43. The zero-order valence-electron chi connectivity index (χ0n) is 16.0. The largest absolute Gasteiger partial charge is 0.750 e. The standard InChI is InChI=1S/C20H23NO6S/c1-12-4-6-14(7-5-12)19(27-28(23)24)15-8-16-10-21-20(13(2)17(16)9-15)26-11-18(22)25-3/h4-7,10,15,19H,8-9,11H2,1-3H3,(H,23,24)/p-1. The van der Waals surface area contributed by atoms with E-state index in [-0.39, 0.29) is 12.5 Å². The minimum atomic E-state index is -2.62. The van der Waals surface area contributed by atoms with Gasteiger partial charge in [0.05, 0.1) is 18.5 Å². The van der Waals surface area contributed by atoms with Crippen LogP contribution in [0, 0.1) is 19.8 Å². The number of ether oxygens (including phenoxy) is 2. The fourth-order valence-electron chi connectivity index (χ4n) is 3.55. The van der Waals surface area contributed by atoms with Crippen LogP contribution in [0.4, 0.5) is 0 Å². The average molecular weight is 404 g/mol. The Labute approximate surface area is 166 Å². The van der Waals surface area contributed by atoms with E-state index < -0.39 is 23.4 Å². The summed E-state index contributed by atoms with van der Waals surface area (Å²) in [6, 6.07) is 7.66. The Morgan fingerprint density at radius 2 is 2.00 bits per heavy atom. The highest BCUT2D eigenvalue weighted by molar-refractivity contribution is 7.74. The van der Waals surface area contributed by atoms with Gasteiger partial charge >= 0.3 is 5.97 Å². The molecule has 0 bridgehead atoms. The van der Waals surface area contributed by atoms with Crippen molar-refractivity contribution in [2.24, 2.45) is 5.92 Å². The number of carbonyl (C=O) groups excluding carboxylic acids is 1. The SMILES string of the molecule is COC(=O)COc1ncc2c(c1C)CC(C(OS(=O)[O-])c1ccc(C)cc1)C2. The first-order valence-corrected chi connectivity index (χ1v) is 9.89. The summed E-state index contributed by atoms with van der Waals surface area (Å²) in [5.41, 5.74) is 4.84. The number of hydrogen-bond acceptors (Lipinski definition) is 7. The lowest BCUT2D eigenvalue weighted by Crippen LogP contribution is -2.18. The van der Waals surface area contributed by atoms with Gasteiger partial charge in [-0.2, -0.15) is 0 Å². The maximum Gasteiger partial charge on any atom is 0.343 e. The van der Waals surface area contributed by atoms with E-state index in [1.807, 2.05) is 38.1 Å². The fourth-order valence-corrected chi connectivity index (χ4v) is 3.99. The summed E-state index contributed by atoms with van der Waals surface area (Å²) < 4.78 is 37.9. The van der Waals surface area contributed by atoms with Crippen molar-refractivity contribution < 1.29 is 27.2 Å². The molecule has 0 N–H and O–H groups in total. The zero-order valence-corrected chi connectivity index (χ0v) is 16.8. The summed E-state index contributed by atoms with van der Waals surface area (Å²) in [4.78, 5) is 15.6. The fraction of sp³-hybridized carbons (Fsp3) is 0.400. The molecule has 1 aromatic heterocycles. The van der Waals surface area contributed by atoms with Crippen molar-refractivity contribution in [3.63, 3.8) is 0 Å². The summed E-state index contributed by atoms with van der Waals surface area (Å²) in [6.45, 7) is 3.65. The second kappa shape index (κ2) is 8.81. The zero-order chi connectivity index (χ0) is 20.3. The van der Waals surface area contributed by atoms with Crippen molar-refractivity contribution in [2.75, 3.05) is 13.7 Å². The Balaban J connectivity index is 1.82. The molecule has 0 radical (unpaired) electrons. The number of rotatable bonds is 7. The van der Waals surface area contributed by atoms with E-state index in [2.05, 4.69) is 9.72 Å². The summed E-state index contributed by atoms with van der Waals surface area (Å²) >= 11 is -2.62. The number of methoxy groups -OCH3 is 1. The van der Waals surface area contributed by atoms with Gasteiger partial charge in [-0.15, -0.1) is 0 Å². The summed E-state index contributed by atoms with van der Waals surface area (Å²) in [5, 5.41) is 0. The molecule has 8 heteroatoms. The van der Waals surface area contributed by atoms with Crippen molar-refractivity contribution in [3.8, 4) is 5.88 Å². The average Bonchev–Trinajstić information content (AvgIpc) is 3.11. The summed E-state index contributed by atoms with van der Waals surface area (Å²) in [7, 11) is 1.30. The van der Waals surface area contributed by atoms with E-state index in [4.69, 9.17) is 8.92 Å². The minimum Gasteiger partial charge on any atom is -0.750 e. The molecule has 3 rings (SSSR count). The van der Waals surface area contributed by atoms with E-state index >= 15 is 0 Å². The molecule has 150 valence electrons. The quantitative estimate of drug-likeness (QED) is 0.516. The van der Waals surface area contributed by atoms with Crippen LogP contribution in [0.15, 0.2) is 30.5 Å². The maximum absolute atomic E-state index is 11.3. The highest BCUT2D eigenvalue weighted by atomic mass is 32.2. The van der Waals surface area contributed by atoms with Crippen LogP contribution in [0.1, 0.15) is 33.9 Å². The van der Waals surface area contributed by atoms with Crippen molar-refractivity contribution >= 4 is 17.3 Å². The van der Waals surface area contributed by atoms with Crippen LogP contribution in [0.3, 0.4) is 0 Å². The molecule has 1 heterocycles. The first-order valence-electron chi connectivity index (χ1n) is 8.89. The number of hydrogen-bond donors (Lipinski definition) is 0. The van der Waals surface area contributed by atoms with Crippen LogP contribution >= 0.6 is 0 Å². The van der Waals surface area contributed by atoms with Gasteiger partial charge in [0.15, 0.2) is 6.61 Å². The number of esters is 1. The molecule has 7 nitrogen and oxygen atoms in total. The summed E-state index contributed by atoms with van der Waals surface area (Å²) in [6.07, 6.45) is 2.42. The van der Waals surface area contributed by atoms with Crippen LogP contribution in [-0.4, -0.2) is 33.4 Å². The number of pyridine rings is 1. The van der Waals surface area contributed by atoms with Gasteiger partial charge in [-0.3, -0.25) is 4.18 Å². The van der Waals surface area contributed by atoms with Crippen LogP contribution in [-0.2, 0) is 37.9 Å². The first-order chi connectivity index (χ1) is 13.4. The highest BCUT2D eigenvalue weighted by Crippen LogP contribution is 2.40. The van der Waals surface area contributed by atoms with Gasteiger partial charge in [0.2, 0.25) is 5.88 Å². The topological polar surface area (TPSA) is 97.8 Å². The molecule has 0 aliphatic heterocycles. The maximum atomic E-state index is 11.3. The third kappa shape index (κ3) is 4.57. The third-order valence-corrected chi connectivity index (χ3v) is 5.38. The van der Waals surface area contributed by atoms with Gasteiger partial charge in [-0.05, 0) is 49.3 Å². The molecule has 1 aliphatic carbocycles. The van der Waals surface area contributed by atoms with Gasteiger partial charge in [-0.1, -0.05) is 29.8 Å². The minimum absolute atomic E-state index is 0.0491. The number of nitrogens with zero attached hydrogens (tertiary/aromatic N) is 1. The van der Waals surface area contributed by atoms with Gasteiger partial charge < -0.3 is 14.0 Å². The normalized spacial score (nSPS) is 17.6. The number of carbonyl (C=O) groups is 1. The molecule has 0 saturated heterocycles. The molecule has 0 spiro atoms. The smallest absolute Gasteiger partial charge is 0.343 e. The molecule has 1 aliphatic rings. The molecular weight excluding hydrogens is 382 g/mol. The van der Waals surface area contributed by atoms with Crippen molar-refractivity contribution in [1.82, 2.24) is 4.98 Å². The lowest BCUT2D eigenvalue weighted by Gasteiger charge is -2.25. The lowest BCUT2D eigenvalue weighted by atomic mass is 9.92. The molecule has 1 aromatic carbocycles. The van der Waals surface area contributed by atoms with Gasteiger partial charge in [0.1, 0.15) is 6.10 Å². The Morgan fingerprint density at radius 1 is 1.29 bits per heavy atom. The second-order valence-electron chi connectivity index (χ2n) is 6.86. The number of fused-ring (bicyclic) bond motifs is 1. The van der Waals surface area contributed by atoms with Crippen molar-refractivity contribution in [3.05, 3.63) is 58.3 Å². The van der Waals surface area contributed by atoms with Gasteiger partial charge in [0.25, 0.3) is 0 Å². The van der Waals surface area contributed by atoms with Crippen LogP contribution in [0.25, 0.3) is 0 Å². The Hall–Kier alpha value is -2.29. The monoisotopic (exact) mass is 404 g/mol. The van der Waals surface area contributed by atoms with Gasteiger partial charge in [-0.25, -0.2) is 14.0 Å². The highest BCUT2D eigenvalue weighted by Gasteiger charge is 2.33. The number of aromatic nitrogens is 1. The van der Waals surface area contributed by atoms with Crippen LogP contribution in [0.2, 0.25) is 0 Å². The molecule has 28 heavy (non-hydrogen) atoms. The van der Waals surface area contributed by atoms with Crippen LogP contribution in [0.5, 0.6) is 5.88 Å². The van der Waals surface area contributed by atoms with Gasteiger partial charge in [0, 0.05) is 11.8 Å². The van der Waals surface area contributed by atoms with E-state index in [0.29, 0.717) is 18.7 Å². The van der Waals surface area contributed by atoms with E-state index in [0.717, 1.165) is 27.8 Å². The molecule has 0 fully saturated rings. The summed E-state index contributed by atoms with van der Waals surface area (Å²) in [5.74, 6) is -0.151. The molecule has 3 unspecified atom stereocenters. The van der Waals surface area contributed by atoms with Crippen molar-refractivity contribution in [2.45, 2.75) is 32.8 Å². The van der Waals surface area contributed by atoms with Crippen molar-refractivity contribution in [1.29, 1.82) is 0 Å². The predicted molar refractivity (Wildman–Crippen MR) is 101 cm³/mol. The molecule has 2 aromatic rings. The van der Waals surface area contributed by atoms with E-state index in [1.165, 1.54) is 7.11 Å². The number of aryl methyl sites for hydroxylation is 1.